The van der Waals surface area contributed by atoms with E-state index >= 15 is 0 Å². The predicted octanol–water partition coefficient (Wildman–Crippen LogP) is 1.63. The summed E-state index contributed by atoms with van der Waals surface area (Å²) in [5.74, 6) is 0. The third-order valence-corrected chi connectivity index (χ3v) is 5.07. The number of aliphatic hydroxyl groups is 1. The van der Waals surface area contributed by atoms with E-state index in [1.54, 1.807) is 0 Å². The second-order valence-corrected chi connectivity index (χ2v) is 7.29. The summed E-state index contributed by atoms with van der Waals surface area (Å²) in [6, 6.07) is 0.523. The highest BCUT2D eigenvalue weighted by atomic mass is 16.5. The van der Waals surface area contributed by atoms with Crippen LogP contribution in [0, 0.1) is 5.41 Å². The lowest BCUT2D eigenvalue weighted by molar-refractivity contribution is -0.133. The molecule has 0 aromatic rings. The van der Waals surface area contributed by atoms with Gasteiger partial charge < -0.3 is 20.1 Å². The Bertz CT molecular complexity index is 312. The summed E-state index contributed by atoms with van der Waals surface area (Å²) in [6.45, 7) is 6.17. The Morgan fingerprint density at radius 3 is 2.55 bits per heavy atom. The number of ether oxygens (including phenoxy) is 1. The molecule has 0 aromatic carbocycles. The van der Waals surface area contributed by atoms with Gasteiger partial charge in [-0.05, 0) is 47.2 Å². The van der Waals surface area contributed by atoms with Crippen molar-refractivity contribution >= 4 is 0 Å². The van der Waals surface area contributed by atoms with Gasteiger partial charge in [-0.1, -0.05) is 12.8 Å². The molecule has 0 amide bonds. The SMILES string of the molecule is CCOC1CC(NCC(C)(O)CN(C)C)C12CCCC2. The third-order valence-electron chi connectivity index (χ3n) is 5.07. The van der Waals surface area contributed by atoms with Crippen LogP contribution in [0.1, 0.15) is 46.0 Å². The van der Waals surface area contributed by atoms with E-state index in [2.05, 4.69) is 12.2 Å². The first-order valence-electron chi connectivity index (χ1n) is 8.12. The smallest absolute Gasteiger partial charge is 0.0869 e. The van der Waals surface area contributed by atoms with Crippen molar-refractivity contribution in [2.75, 3.05) is 33.8 Å². The summed E-state index contributed by atoms with van der Waals surface area (Å²) in [7, 11) is 4.00. The van der Waals surface area contributed by atoms with E-state index in [0.717, 1.165) is 13.0 Å². The van der Waals surface area contributed by atoms with Gasteiger partial charge in [-0.25, -0.2) is 0 Å². The largest absolute Gasteiger partial charge is 0.388 e. The van der Waals surface area contributed by atoms with Crippen LogP contribution in [-0.2, 0) is 4.74 Å². The normalized spacial score (nSPS) is 31.5. The summed E-state index contributed by atoms with van der Waals surface area (Å²) in [5, 5.41) is 14.0. The Balaban J connectivity index is 1.87. The molecule has 2 aliphatic carbocycles. The van der Waals surface area contributed by atoms with Crippen molar-refractivity contribution in [2.45, 2.75) is 63.7 Å². The highest BCUT2D eigenvalue weighted by Crippen LogP contribution is 2.54. The minimum absolute atomic E-state index is 0.351. The molecule has 118 valence electrons. The fourth-order valence-corrected chi connectivity index (χ4v) is 4.25. The van der Waals surface area contributed by atoms with Gasteiger partial charge in [0.2, 0.25) is 0 Å². The molecule has 2 rings (SSSR count). The highest BCUT2D eigenvalue weighted by molar-refractivity contribution is 5.10. The average Bonchev–Trinajstić information content (AvgIpc) is 2.83. The molecule has 0 aliphatic heterocycles. The van der Waals surface area contributed by atoms with Crippen molar-refractivity contribution in [1.29, 1.82) is 0 Å². The molecule has 0 radical (unpaired) electrons. The van der Waals surface area contributed by atoms with E-state index < -0.39 is 5.60 Å². The van der Waals surface area contributed by atoms with Gasteiger partial charge in [-0.3, -0.25) is 0 Å². The number of hydrogen-bond acceptors (Lipinski definition) is 4. The first-order valence-corrected chi connectivity index (χ1v) is 8.12. The summed E-state index contributed by atoms with van der Waals surface area (Å²) in [6.07, 6.45) is 6.76. The van der Waals surface area contributed by atoms with Crippen LogP contribution in [0.2, 0.25) is 0 Å². The number of nitrogens with one attached hydrogen (secondary N) is 1. The zero-order chi connectivity index (χ0) is 14.8. The van der Waals surface area contributed by atoms with Crippen LogP contribution in [0.25, 0.3) is 0 Å². The molecule has 4 nitrogen and oxygen atoms in total. The van der Waals surface area contributed by atoms with E-state index in [0.29, 0.717) is 30.7 Å². The molecule has 1 spiro atoms. The van der Waals surface area contributed by atoms with Gasteiger partial charge in [0.25, 0.3) is 0 Å². The molecule has 0 bridgehead atoms. The Kier molecular flexibility index (Phi) is 5.11. The maximum Gasteiger partial charge on any atom is 0.0869 e. The van der Waals surface area contributed by atoms with Crippen LogP contribution in [0.15, 0.2) is 0 Å². The summed E-state index contributed by atoms with van der Waals surface area (Å²) in [4.78, 5) is 2.04. The average molecular weight is 284 g/mol. The monoisotopic (exact) mass is 284 g/mol. The Morgan fingerprint density at radius 1 is 1.35 bits per heavy atom. The molecular weight excluding hydrogens is 252 g/mol. The van der Waals surface area contributed by atoms with Gasteiger partial charge >= 0.3 is 0 Å². The zero-order valence-electron chi connectivity index (χ0n) is 13.6. The van der Waals surface area contributed by atoms with Crippen LogP contribution < -0.4 is 5.32 Å². The van der Waals surface area contributed by atoms with Crippen molar-refractivity contribution in [2.24, 2.45) is 5.41 Å². The Labute approximate surface area is 123 Å². The van der Waals surface area contributed by atoms with E-state index in [1.165, 1.54) is 25.7 Å². The van der Waals surface area contributed by atoms with E-state index in [9.17, 15) is 5.11 Å². The number of nitrogens with zero attached hydrogens (tertiary/aromatic N) is 1. The summed E-state index contributed by atoms with van der Waals surface area (Å²) >= 11 is 0. The molecule has 2 fully saturated rings. The first-order chi connectivity index (χ1) is 9.39. The van der Waals surface area contributed by atoms with Crippen LogP contribution in [0.4, 0.5) is 0 Å². The maximum atomic E-state index is 10.4. The van der Waals surface area contributed by atoms with Crippen LogP contribution in [0.5, 0.6) is 0 Å². The van der Waals surface area contributed by atoms with Crippen molar-refractivity contribution < 1.29 is 9.84 Å². The van der Waals surface area contributed by atoms with Crippen molar-refractivity contribution in [1.82, 2.24) is 10.2 Å². The van der Waals surface area contributed by atoms with E-state index in [1.807, 2.05) is 25.9 Å². The molecule has 2 N–H and O–H groups in total. The highest BCUT2D eigenvalue weighted by Gasteiger charge is 2.56. The van der Waals surface area contributed by atoms with Gasteiger partial charge in [0.1, 0.15) is 0 Å². The molecule has 0 aromatic heterocycles. The summed E-state index contributed by atoms with van der Waals surface area (Å²) in [5.41, 5.74) is -0.315. The topological polar surface area (TPSA) is 44.7 Å². The first kappa shape index (κ1) is 16.2. The van der Waals surface area contributed by atoms with Crippen molar-refractivity contribution in [3.63, 3.8) is 0 Å². The fraction of sp³-hybridized carbons (Fsp3) is 1.00. The van der Waals surface area contributed by atoms with Gasteiger partial charge in [0.05, 0.1) is 11.7 Å². The lowest BCUT2D eigenvalue weighted by Gasteiger charge is -2.54. The van der Waals surface area contributed by atoms with Crippen LogP contribution >= 0.6 is 0 Å². The number of likely N-dealkylation sites (N-methyl/N-ethyl adjacent to an activating group) is 1. The molecule has 0 saturated heterocycles. The minimum atomic E-state index is -0.667. The summed E-state index contributed by atoms with van der Waals surface area (Å²) < 4.78 is 5.93. The molecule has 4 heteroatoms. The van der Waals surface area contributed by atoms with Crippen molar-refractivity contribution in [3.05, 3.63) is 0 Å². The fourth-order valence-electron chi connectivity index (χ4n) is 4.25. The second kappa shape index (κ2) is 6.30. The van der Waals surface area contributed by atoms with Gasteiger partial charge in [-0.15, -0.1) is 0 Å². The number of hydrogen-bond donors (Lipinski definition) is 2. The van der Waals surface area contributed by atoms with Gasteiger partial charge in [0.15, 0.2) is 0 Å². The lowest BCUT2D eigenvalue weighted by Crippen LogP contribution is -2.64. The number of rotatable bonds is 7. The maximum absolute atomic E-state index is 10.4. The van der Waals surface area contributed by atoms with Gasteiger partial charge in [0, 0.05) is 31.2 Å². The van der Waals surface area contributed by atoms with Gasteiger partial charge in [-0.2, -0.15) is 0 Å². The predicted molar refractivity (Wildman–Crippen MR) is 81.9 cm³/mol. The molecular formula is C16H32N2O2. The molecule has 3 atom stereocenters. The molecule has 3 unspecified atom stereocenters. The van der Waals surface area contributed by atoms with Crippen LogP contribution in [0.3, 0.4) is 0 Å². The standard InChI is InChI=1S/C16H32N2O2/c1-5-20-14-10-13(16(14)8-6-7-9-16)17-11-15(2,19)12-18(3)4/h13-14,17,19H,5-12H2,1-4H3. The quantitative estimate of drug-likeness (QED) is 0.746. The van der Waals surface area contributed by atoms with E-state index in [4.69, 9.17) is 4.74 Å². The molecule has 2 saturated carbocycles. The third kappa shape index (κ3) is 3.35. The molecule has 20 heavy (non-hydrogen) atoms. The molecule has 0 heterocycles. The minimum Gasteiger partial charge on any atom is -0.388 e. The molecule has 2 aliphatic rings. The van der Waals surface area contributed by atoms with E-state index in [-0.39, 0.29) is 0 Å². The van der Waals surface area contributed by atoms with Crippen LogP contribution in [-0.4, -0.2) is 61.5 Å². The van der Waals surface area contributed by atoms with Crippen molar-refractivity contribution in [3.8, 4) is 0 Å². The second-order valence-electron chi connectivity index (χ2n) is 7.29. The zero-order valence-corrected chi connectivity index (χ0v) is 13.6. The lowest BCUT2D eigenvalue weighted by atomic mass is 9.60. The Morgan fingerprint density at radius 2 is 2.00 bits per heavy atom. The Hall–Kier alpha value is -0.160.